The third-order valence-electron chi connectivity index (χ3n) is 4.04. The number of rotatable bonds is 9. The van der Waals surface area contributed by atoms with Crippen LogP contribution in [-0.4, -0.2) is 40.3 Å². The number of aliphatic hydroxyl groups excluding tert-OH is 1. The van der Waals surface area contributed by atoms with Gasteiger partial charge in [0.1, 0.15) is 11.9 Å². The molecule has 2 aromatic rings. The van der Waals surface area contributed by atoms with Crippen molar-refractivity contribution in [2.75, 3.05) is 0 Å². The largest absolute Gasteiger partial charge is 0.479 e. The highest BCUT2D eigenvalue weighted by Crippen LogP contribution is 2.10. The summed E-state index contributed by atoms with van der Waals surface area (Å²) in [7, 11) is 0. The fraction of sp³-hybridized carbons (Fsp3) is 0.300. The van der Waals surface area contributed by atoms with Gasteiger partial charge in [0, 0.05) is 0 Å². The molecular weight excluding hydrogens is 353 g/mol. The summed E-state index contributed by atoms with van der Waals surface area (Å²) in [5.41, 5.74) is 1.48. The lowest BCUT2D eigenvalue weighted by Gasteiger charge is -2.23. The number of carbonyl (C=O) groups is 2. The lowest BCUT2D eigenvalue weighted by atomic mass is 10.0. The maximum atomic E-state index is 13.0. The van der Waals surface area contributed by atoms with E-state index in [1.54, 1.807) is 6.92 Å². The molecule has 0 saturated carbocycles. The molecule has 0 aliphatic heterocycles. The van der Waals surface area contributed by atoms with E-state index in [0.717, 1.165) is 5.56 Å². The van der Waals surface area contributed by atoms with E-state index in [1.807, 2.05) is 30.3 Å². The van der Waals surface area contributed by atoms with E-state index in [2.05, 4.69) is 5.32 Å². The van der Waals surface area contributed by atoms with E-state index in [-0.39, 0.29) is 13.0 Å². The molecule has 3 atom stereocenters. The highest BCUT2D eigenvalue weighted by Gasteiger charge is 2.29. The van der Waals surface area contributed by atoms with Gasteiger partial charge in [0.15, 0.2) is 6.10 Å². The Hall–Kier alpha value is -2.77. The number of hydrogen-bond donors (Lipinski definition) is 3. The number of nitrogens with one attached hydrogen (secondary N) is 1. The fourth-order valence-electron chi connectivity index (χ4n) is 2.46. The van der Waals surface area contributed by atoms with Gasteiger partial charge in [-0.1, -0.05) is 42.5 Å². The average molecular weight is 375 g/mol. The number of carbonyl (C=O) groups excluding carboxylic acids is 1. The molecule has 0 radical (unpaired) electrons. The Morgan fingerprint density at radius 3 is 2.30 bits per heavy atom. The van der Waals surface area contributed by atoms with Crippen molar-refractivity contribution in [1.29, 1.82) is 0 Å². The Morgan fingerprint density at radius 2 is 1.70 bits per heavy atom. The quantitative estimate of drug-likeness (QED) is 0.622. The van der Waals surface area contributed by atoms with Gasteiger partial charge in [-0.05, 0) is 36.6 Å². The van der Waals surface area contributed by atoms with Crippen LogP contribution >= 0.6 is 0 Å². The number of ether oxygens (including phenoxy) is 1. The first-order valence-corrected chi connectivity index (χ1v) is 8.48. The molecule has 7 heteroatoms. The predicted octanol–water partition coefficient (Wildman–Crippen LogP) is 1.90. The van der Waals surface area contributed by atoms with Crippen LogP contribution in [0, 0.1) is 5.82 Å². The zero-order chi connectivity index (χ0) is 19.8. The Kier molecular flexibility index (Phi) is 7.45. The number of carboxylic acid groups (broad SMARTS) is 1. The fourth-order valence-corrected chi connectivity index (χ4v) is 2.46. The van der Waals surface area contributed by atoms with Crippen LogP contribution in [0.2, 0.25) is 0 Å². The minimum Gasteiger partial charge on any atom is -0.479 e. The number of amides is 1. The zero-order valence-electron chi connectivity index (χ0n) is 14.8. The van der Waals surface area contributed by atoms with Crippen molar-refractivity contribution in [3.8, 4) is 0 Å². The molecule has 3 N–H and O–H groups in total. The molecule has 27 heavy (non-hydrogen) atoms. The summed E-state index contributed by atoms with van der Waals surface area (Å²) in [6, 6.07) is 13.6. The van der Waals surface area contributed by atoms with Gasteiger partial charge in [-0.15, -0.1) is 0 Å². The Balaban J connectivity index is 1.99. The topological polar surface area (TPSA) is 95.9 Å². The molecule has 2 rings (SSSR count). The predicted molar refractivity (Wildman–Crippen MR) is 96.4 cm³/mol. The van der Waals surface area contributed by atoms with E-state index in [4.69, 9.17) is 9.84 Å². The lowest BCUT2D eigenvalue weighted by molar-refractivity contribution is -0.149. The molecule has 0 bridgehead atoms. The third kappa shape index (κ3) is 6.47. The van der Waals surface area contributed by atoms with Crippen LogP contribution in [0.3, 0.4) is 0 Å². The standard InChI is InChI=1S/C20H22FNO5/c1-13(27-12-15-5-3-2-4-6-15)19(24)22-17(18(23)20(25)26)11-14-7-9-16(21)10-8-14/h2-10,13,17-18,23H,11-12H2,1H3,(H,22,24)(H,25,26). The number of carboxylic acids is 1. The Labute approximate surface area is 156 Å². The molecule has 0 heterocycles. The van der Waals surface area contributed by atoms with E-state index < -0.39 is 35.9 Å². The molecule has 0 saturated heterocycles. The van der Waals surface area contributed by atoms with Gasteiger partial charge in [0.2, 0.25) is 5.91 Å². The Bertz CT molecular complexity index is 751. The number of benzene rings is 2. The molecule has 0 aliphatic rings. The summed E-state index contributed by atoms with van der Waals surface area (Å²) < 4.78 is 18.5. The van der Waals surface area contributed by atoms with E-state index in [0.29, 0.717) is 5.56 Å². The van der Waals surface area contributed by atoms with Crippen LogP contribution in [0.25, 0.3) is 0 Å². The molecule has 2 aromatic carbocycles. The van der Waals surface area contributed by atoms with Gasteiger partial charge in [-0.3, -0.25) is 4.79 Å². The van der Waals surface area contributed by atoms with Crippen molar-refractivity contribution in [3.05, 3.63) is 71.5 Å². The van der Waals surface area contributed by atoms with Crippen LogP contribution in [0.15, 0.2) is 54.6 Å². The minimum absolute atomic E-state index is 0.0326. The number of halogens is 1. The summed E-state index contributed by atoms with van der Waals surface area (Å²) in [6.07, 6.45) is -2.62. The van der Waals surface area contributed by atoms with Gasteiger partial charge < -0.3 is 20.3 Å². The molecule has 0 spiro atoms. The van der Waals surface area contributed by atoms with Gasteiger partial charge in [-0.25, -0.2) is 9.18 Å². The van der Waals surface area contributed by atoms with E-state index in [9.17, 15) is 19.1 Å². The van der Waals surface area contributed by atoms with Crippen LogP contribution in [0.1, 0.15) is 18.1 Å². The third-order valence-corrected chi connectivity index (χ3v) is 4.04. The van der Waals surface area contributed by atoms with Crippen LogP contribution in [0.4, 0.5) is 4.39 Å². The maximum absolute atomic E-state index is 13.0. The highest BCUT2D eigenvalue weighted by molar-refractivity contribution is 5.82. The molecule has 0 aliphatic carbocycles. The molecule has 0 aromatic heterocycles. The highest BCUT2D eigenvalue weighted by atomic mass is 19.1. The van der Waals surface area contributed by atoms with Gasteiger partial charge in [0.25, 0.3) is 0 Å². The molecule has 0 fully saturated rings. The normalized spacial score (nSPS) is 14.2. The smallest absolute Gasteiger partial charge is 0.334 e. The van der Waals surface area contributed by atoms with E-state index in [1.165, 1.54) is 24.3 Å². The van der Waals surface area contributed by atoms with Crippen molar-refractivity contribution in [2.45, 2.75) is 38.2 Å². The molecule has 144 valence electrons. The first-order valence-electron chi connectivity index (χ1n) is 8.48. The Morgan fingerprint density at radius 1 is 1.07 bits per heavy atom. The van der Waals surface area contributed by atoms with Crippen LogP contribution in [0.5, 0.6) is 0 Å². The average Bonchev–Trinajstić information content (AvgIpc) is 2.67. The summed E-state index contributed by atoms with van der Waals surface area (Å²) in [6.45, 7) is 1.76. The van der Waals surface area contributed by atoms with Gasteiger partial charge in [-0.2, -0.15) is 0 Å². The summed E-state index contributed by atoms with van der Waals surface area (Å²) in [5, 5.41) is 21.5. The van der Waals surface area contributed by atoms with Crippen molar-refractivity contribution in [2.24, 2.45) is 0 Å². The first kappa shape index (κ1) is 20.5. The van der Waals surface area contributed by atoms with Crippen LogP contribution < -0.4 is 5.32 Å². The first-order chi connectivity index (χ1) is 12.9. The van der Waals surface area contributed by atoms with Crippen molar-refractivity contribution < 1.29 is 28.9 Å². The minimum atomic E-state index is -1.81. The number of aliphatic carboxylic acids is 1. The second-order valence-corrected chi connectivity index (χ2v) is 6.17. The molecular formula is C20H22FNO5. The second-order valence-electron chi connectivity index (χ2n) is 6.17. The summed E-state index contributed by atoms with van der Waals surface area (Å²) in [5.74, 6) is -2.43. The summed E-state index contributed by atoms with van der Waals surface area (Å²) >= 11 is 0. The van der Waals surface area contributed by atoms with Crippen molar-refractivity contribution >= 4 is 11.9 Å². The molecule has 3 unspecified atom stereocenters. The monoisotopic (exact) mass is 375 g/mol. The van der Waals surface area contributed by atoms with Gasteiger partial charge in [0.05, 0.1) is 12.6 Å². The van der Waals surface area contributed by atoms with Crippen molar-refractivity contribution in [3.63, 3.8) is 0 Å². The van der Waals surface area contributed by atoms with Crippen molar-refractivity contribution in [1.82, 2.24) is 5.32 Å². The zero-order valence-corrected chi connectivity index (χ0v) is 14.8. The number of hydrogen-bond acceptors (Lipinski definition) is 4. The van der Waals surface area contributed by atoms with E-state index >= 15 is 0 Å². The van der Waals surface area contributed by atoms with Gasteiger partial charge >= 0.3 is 5.97 Å². The lowest BCUT2D eigenvalue weighted by Crippen LogP contribution is -2.51. The SMILES string of the molecule is CC(OCc1ccccc1)C(=O)NC(Cc1ccc(F)cc1)C(O)C(=O)O. The molecule has 1 amide bonds. The maximum Gasteiger partial charge on any atom is 0.334 e. The molecule has 6 nitrogen and oxygen atoms in total. The second kappa shape index (κ2) is 9.80. The van der Waals surface area contributed by atoms with Crippen LogP contribution in [-0.2, 0) is 27.4 Å². The summed E-state index contributed by atoms with van der Waals surface area (Å²) in [4.78, 5) is 23.5. The number of aliphatic hydroxyl groups is 1.